The van der Waals surface area contributed by atoms with E-state index in [1.807, 2.05) is 48.5 Å². The number of benzene rings is 3. The topological polar surface area (TPSA) is 179 Å². The van der Waals surface area contributed by atoms with E-state index in [1.54, 1.807) is 36.5 Å². The first-order valence-electron chi connectivity index (χ1n) is 12.7. The standard InChI is InChI=1S/C28H26N6O6S2/c29-42(38,39)28-31-22-12-11-21(15-25(22)41-28)40-17-20-16-34(33-32-20)24(14-19-9-5-2-6-10-19)26(35)30-23(27(36)37)13-18-7-3-1-4-8-18/h1-12,15-16,23-24H,13-14,17H2,(H,30,35)(H,36,37)(H2,29,38,39)/t23?,24-/m0/s1. The molecule has 5 rings (SSSR count). The highest BCUT2D eigenvalue weighted by molar-refractivity contribution is 7.91. The van der Waals surface area contributed by atoms with Crippen molar-refractivity contribution in [3.63, 3.8) is 0 Å². The highest BCUT2D eigenvalue weighted by Crippen LogP contribution is 2.28. The highest BCUT2D eigenvalue weighted by Gasteiger charge is 2.28. The number of nitrogens with zero attached hydrogens (tertiary/aromatic N) is 4. The molecule has 12 nitrogen and oxygen atoms in total. The fourth-order valence-corrected chi connectivity index (χ4v) is 5.93. The number of fused-ring (bicyclic) bond motifs is 1. The number of nitrogens with two attached hydrogens (primary N) is 1. The Balaban J connectivity index is 1.32. The van der Waals surface area contributed by atoms with Crippen molar-refractivity contribution >= 4 is 43.5 Å². The van der Waals surface area contributed by atoms with Crippen LogP contribution >= 0.6 is 11.3 Å². The van der Waals surface area contributed by atoms with Gasteiger partial charge in [0.15, 0.2) is 0 Å². The van der Waals surface area contributed by atoms with Gasteiger partial charge < -0.3 is 15.2 Å². The summed E-state index contributed by atoms with van der Waals surface area (Å²) in [5.41, 5.74) is 2.54. The average molecular weight is 607 g/mol. The van der Waals surface area contributed by atoms with E-state index in [-0.39, 0.29) is 23.8 Å². The summed E-state index contributed by atoms with van der Waals surface area (Å²) in [6, 6.07) is 21.3. The second-order valence-corrected chi connectivity index (χ2v) is 12.2. The van der Waals surface area contributed by atoms with Crippen molar-refractivity contribution in [1.82, 2.24) is 25.3 Å². The summed E-state index contributed by atoms with van der Waals surface area (Å²) >= 11 is 0.937. The van der Waals surface area contributed by atoms with Crippen LogP contribution in [0.15, 0.2) is 89.4 Å². The molecule has 0 aliphatic carbocycles. The van der Waals surface area contributed by atoms with Crippen LogP contribution in [0.4, 0.5) is 0 Å². The molecule has 4 N–H and O–H groups in total. The number of aliphatic carboxylic acids is 1. The Bertz CT molecular complexity index is 1810. The number of nitrogens with one attached hydrogen (secondary N) is 1. The molecular formula is C28H26N6O6S2. The molecule has 0 saturated carbocycles. The van der Waals surface area contributed by atoms with Crippen LogP contribution in [0.1, 0.15) is 22.9 Å². The molecule has 0 spiro atoms. The van der Waals surface area contributed by atoms with Gasteiger partial charge in [-0.25, -0.2) is 28.0 Å². The molecule has 0 aliphatic rings. The van der Waals surface area contributed by atoms with E-state index in [1.165, 1.54) is 4.68 Å². The molecule has 14 heteroatoms. The van der Waals surface area contributed by atoms with Crippen molar-refractivity contribution in [2.24, 2.45) is 5.14 Å². The first-order chi connectivity index (χ1) is 20.2. The number of hydrogen-bond acceptors (Lipinski definition) is 9. The van der Waals surface area contributed by atoms with Gasteiger partial charge in [0.05, 0.1) is 16.4 Å². The van der Waals surface area contributed by atoms with Gasteiger partial charge >= 0.3 is 5.97 Å². The smallest absolute Gasteiger partial charge is 0.326 e. The Morgan fingerprint density at radius 2 is 1.67 bits per heavy atom. The van der Waals surface area contributed by atoms with E-state index in [0.29, 0.717) is 21.7 Å². The minimum atomic E-state index is -3.92. The fourth-order valence-electron chi connectivity index (χ4n) is 4.25. The number of carboxylic acid groups (broad SMARTS) is 1. The van der Waals surface area contributed by atoms with Crippen molar-refractivity contribution in [3.8, 4) is 5.75 Å². The van der Waals surface area contributed by atoms with Gasteiger partial charge in [-0.15, -0.1) is 16.4 Å². The van der Waals surface area contributed by atoms with Gasteiger partial charge in [0.2, 0.25) is 10.2 Å². The van der Waals surface area contributed by atoms with Gasteiger partial charge in [-0.3, -0.25) is 4.79 Å². The fraction of sp³-hybridized carbons (Fsp3) is 0.179. The zero-order valence-electron chi connectivity index (χ0n) is 22.0. The van der Waals surface area contributed by atoms with Gasteiger partial charge in [0, 0.05) is 12.8 Å². The summed E-state index contributed by atoms with van der Waals surface area (Å²) in [4.78, 5) is 29.5. The minimum Gasteiger partial charge on any atom is -0.487 e. The second-order valence-electron chi connectivity index (χ2n) is 9.43. The molecule has 0 fully saturated rings. The maximum absolute atomic E-state index is 13.5. The molecule has 1 amide bonds. The Hall–Kier alpha value is -4.66. The maximum atomic E-state index is 13.5. The number of amides is 1. The lowest BCUT2D eigenvalue weighted by molar-refractivity contribution is -0.142. The average Bonchev–Trinajstić information content (AvgIpc) is 3.62. The Morgan fingerprint density at radius 1 is 1.00 bits per heavy atom. The molecule has 0 radical (unpaired) electrons. The molecule has 42 heavy (non-hydrogen) atoms. The predicted octanol–water partition coefficient (Wildman–Crippen LogP) is 2.71. The molecule has 216 valence electrons. The van der Waals surface area contributed by atoms with Gasteiger partial charge in [-0.05, 0) is 29.3 Å². The van der Waals surface area contributed by atoms with Crippen LogP contribution in [0.5, 0.6) is 5.75 Å². The number of carbonyl (C=O) groups excluding carboxylic acids is 1. The lowest BCUT2D eigenvalue weighted by atomic mass is 10.0. The second kappa shape index (κ2) is 12.5. The summed E-state index contributed by atoms with van der Waals surface area (Å²) in [5.74, 6) is -1.21. The molecule has 2 atom stereocenters. The summed E-state index contributed by atoms with van der Waals surface area (Å²) < 4.78 is 30.9. The third-order valence-corrected chi connectivity index (χ3v) is 8.66. The van der Waals surface area contributed by atoms with E-state index in [4.69, 9.17) is 9.88 Å². The van der Waals surface area contributed by atoms with Crippen molar-refractivity contribution in [3.05, 3.63) is 102 Å². The molecule has 0 bridgehead atoms. The summed E-state index contributed by atoms with van der Waals surface area (Å²) in [5, 5.41) is 26.0. The number of hydrogen-bond donors (Lipinski definition) is 3. The lowest BCUT2D eigenvalue weighted by Gasteiger charge is -2.21. The molecule has 2 heterocycles. The summed E-state index contributed by atoms with van der Waals surface area (Å²) in [6.07, 6.45) is 1.95. The number of aromatic nitrogens is 4. The van der Waals surface area contributed by atoms with Crippen molar-refractivity contribution in [2.75, 3.05) is 0 Å². The molecule has 0 aliphatic heterocycles. The first-order valence-corrected chi connectivity index (χ1v) is 15.1. The van der Waals surface area contributed by atoms with Crippen LogP contribution in [-0.2, 0) is 39.1 Å². The van der Waals surface area contributed by atoms with Crippen molar-refractivity contribution in [2.45, 2.75) is 35.9 Å². The summed E-state index contributed by atoms with van der Waals surface area (Å²) in [6.45, 7) is 0.0117. The van der Waals surface area contributed by atoms with Gasteiger partial charge in [0.1, 0.15) is 30.1 Å². The number of carbonyl (C=O) groups is 2. The lowest BCUT2D eigenvalue weighted by Crippen LogP contribution is -2.46. The molecule has 3 aromatic carbocycles. The highest BCUT2D eigenvalue weighted by atomic mass is 32.2. The molecule has 2 aromatic heterocycles. The van der Waals surface area contributed by atoms with Crippen LogP contribution in [-0.4, -0.2) is 51.4 Å². The predicted molar refractivity (Wildman–Crippen MR) is 154 cm³/mol. The van der Waals surface area contributed by atoms with E-state index in [2.05, 4.69) is 20.6 Å². The molecule has 0 saturated heterocycles. The van der Waals surface area contributed by atoms with Crippen LogP contribution in [0.2, 0.25) is 0 Å². The van der Waals surface area contributed by atoms with Gasteiger partial charge in [-0.1, -0.05) is 65.9 Å². The van der Waals surface area contributed by atoms with E-state index in [9.17, 15) is 23.1 Å². The van der Waals surface area contributed by atoms with Crippen LogP contribution < -0.4 is 15.2 Å². The Morgan fingerprint density at radius 3 is 2.31 bits per heavy atom. The summed E-state index contributed by atoms with van der Waals surface area (Å²) in [7, 11) is -3.92. The number of thiazole rings is 1. The normalized spacial score (nSPS) is 13.0. The van der Waals surface area contributed by atoms with Crippen LogP contribution in [0.25, 0.3) is 10.2 Å². The molecular weight excluding hydrogens is 580 g/mol. The Kier molecular flexibility index (Phi) is 8.56. The monoisotopic (exact) mass is 606 g/mol. The zero-order chi connectivity index (χ0) is 29.7. The Labute approximate surface area is 244 Å². The SMILES string of the molecule is NS(=O)(=O)c1nc2ccc(OCc3cn([C@@H](Cc4ccccc4)C(=O)NC(Cc4ccccc4)C(=O)O)nn3)cc2s1. The number of primary sulfonamides is 1. The number of rotatable bonds is 12. The molecule has 1 unspecified atom stereocenters. The molecule has 5 aromatic rings. The van der Waals surface area contributed by atoms with Crippen LogP contribution in [0.3, 0.4) is 0 Å². The quantitative estimate of drug-likeness (QED) is 0.192. The van der Waals surface area contributed by atoms with E-state index in [0.717, 1.165) is 22.5 Å². The third-order valence-electron chi connectivity index (χ3n) is 6.32. The van der Waals surface area contributed by atoms with E-state index < -0.39 is 34.0 Å². The zero-order valence-corrected chi connectivity index (χ0v) is 23.7. The van der Waals surface area contributed by atoms with Gasteiger partial charge in [0.25, 0.3) is 10.0 Å². The largest absolute Gasteiger partial charge is 0.487 e. The van der Waals surface area contributed by atoms with E-state index >= 15 is 0 Å². The van der Waals surface area contributed by atoms with Gasteiger partial charge in [-0.2, -0.15) is 0 Å². The first kappa shape index (κ1) is 28.9. The van der Waals surface area contributed by atoms with Crippen molar-refractivity contribution in [1.29, 1.82) is 0 Å². The maximum Gasteiger partial charge on any atom is 0.326 e. The number of ether oxygens (including phenoxy) is 1. The third kappa shape index (κ3) is 7.15. The van der Waals surface area contributed by atoms with Crippen molar-refractivity contribution < 1.29 is 27.9 Å². The minimum absolute atomic E-state index is 0.0117. The van der Waals surface area contributed by atoms with Crippen LogP contribution in [0, 0.1) is 0 Å². The number of carboxylic acids is 1. The number of sulfonamides is 1.